The Morgan fingerprint density at radius 3 is 2.39 bits per heavy atom. The number of anilines is 2. The van der Waals surface area contributed by atoms with Gasteiger partial charge in [0.05, 0.1) is 11.4 Å². The maximum Gasteiger partial charge on any atom is 0.123 e. The van der Waals surface area contributed by atoms with E-state index < -0.39 is 0 Å². The molecule has 5 nitrogen and oxygen atoms in total. The van der Waals surface area contributed by atoms with Gasteiger partial charge in [0.2, 0.25) is 0 Å². The summed E-state index contributed by atoms with van der Waals surface area (Å²) in [6.45, 7) is 2.22. The SMILES string of the molecule is Nc1ccc(N2CCCCC2)c(-n2cnnc2)c1. The third-order valence-electron chi connectivity index (χ3n) is 3.39. The van der Waals surface area contributed by atoms with Crippen LogP contribution >= 0.6 is 0 Å². The third kappa shape index (κ3) is 2.03. The Hall–Kier alpha value is -2.04. The first kappa shape index (κ1) is 11.1. The third-order valence-corrected chi connectivity index (χ3v) is 3.39. The largest absolute Gasteiger partial charge is 0.399 e. The molecular formula is C13H17N5. The molecule has 1 aromatic carbocycles. The Morgan fingerprint density at radius 1 is 0.944 bits per heavy atom. The molecule has 94 valence electrons. The minimum atomic E-state index is 0.763. The smallest absolute Gasteiger partial charge is 0.123 e. The summed E-state index contributed by atoms with van der Waals surface area (Å²) in [5.74, 6) is 0. The van der Waals surface area contributed by atoms with Crippen molar-refractivity contribution < 1.29 is 0 Å². The Bertz CT molecular complexity index is 514. The quantitative estimate of drug-likeness (QED) is 0.818. The van der Waals surface area contributed by atoms with Gasteiger partial charge in [0, 0.05) is 18.8 Å². The topological polar surface area (TPSA) is 60.0 Å². The molecule has 0 saturated carbocycles. The first-order valence-electron chi connectivity index (χ1n) is 6.34. The fourth-order valence-corrected chi connectivity index (χ4v) is 2.47. The summed E-state index contributed by atoms with van der Waals surface area (Å²) in [5.41, 5.74) is 8.92. The van der Waals surface area contributed by atoms with Gasteiger partial charge in [-0.05, 0) is 37.5 Å². The number of nitrogens with zero attached hydrogens (tertiary/aromatic N) is 4. The van der Waals surface area contributed by atoms with Gasteiger partial charge in [-0.1, -0.05) is 0 Å². The lowest BCUT2D eigenvalue weighted by atomic mass is 10.1. The highest BCUT2D eigenvalue weighted by Gasteiger charge is 2.15. The van der Waals surface area contributed by atoms with Gasteiger partial charge in [0.25, 0.3) is 0 Å². The van der Waals surface area contributed by atoms with Crippen LogP contribution in [-0.2, 0) is 0 Å². The number of nitrogens with two attached hydrogens (primary N) is 1. The standard InChI is InChI=1S/C13H17N5/c14-11-4-5-12(17-6-2-1-3-7-17)13(8-11)18-9-15-16-10-18/h4-5,8-10H,1-3,6-7,14H2. The minimum absolute atomic E-state index is 0.763. The van der Waals surface area contributed by atoms with Crippen LogP contribution in [0.3, 0.4) is 0 Å². The van der Waals surface area contributed by atoms with E-state index in [2.05, 4.69) is 21.2 Å². The first-order valence-corrected chi connectivity index (χ1v) is 6.34. The zero-order valence-electron chi connectivity index (χ0n) is 10.3. The molecule has 0 spiro atoms. The molecule has 2 heterocycles. The lowest BCUT2D eigenvalue weighted by Crippen LogP contribution is -2.30. The van der Waals surface area contributed by atoms with E-state index >= 15 is 0 Å². The summed E-state index contributed by atoms with van der Waals surface area (Å²) in [7, 11) is 0. The molecule has 1 saturated heterocycles. The summed E-state index contributed by atoms with van der Waals surface area (Å²) in [5, 5.41) is 7.74. The normalized spacial score (nSPS) is 15.9. The van der Waals surface area contributed by atoms with Crippen LogP contribution in [0.4, 0.5) is 11.4 Å². The average molecular weight is 243 g/mol. The molecule has 0 atom stereocenters. The van der Waals surface area contributed by atoms with Gasteiger partial charge in [-0.2, -0.15) is 0 Å². The molecule has 1 aliphatic heterocycles. The fraction of sp³-hybridized carbons (Fsp3) is 0.385. The number of benzene rings is 1. The van der Waals surface area contributed by atoms with Gasteiger partial charge in [0.15, 0.2) is 0 Å². The van der Waals surface area contributed by atoms with E-state index in [9.17, 15) is 0 Å². The summed E-state index contributed by atoms with van der Waals surface area (Å²) in [4.78, 5) is 2.41. The average Bonchev–Trinajstić information content (AvgIpc) is 2.93. The Morgan fingerprint density at radius 2 is 1.67 bits per heavy atom. The lowest BCUT2D eigenvalue weighted by molar-refractivity contribution is 0.577. The molecule has 0 bridgehead atoms. The van der Waals surface area contributed by atoms with Crippen LogP contribution < -0.4 is 10.6 Å². The van der Waals surface area contributed by atoms with Gasteiger partial charge in [-0.25, -0.2) is 0 Å². The van der Waals surface area contributed by atoms with E-state index in [1.807, 2.05) is 16.7 Å². The molecule has 0 radical (unpaired) electrons. The maximum absolute atomic E-state index is 5.89. The van der Waals surface area contributed by atoms with Gasteiger partial charge in [-0.15, -0.1) is 10.2 Å². The molecule has 0 amide bonds. The molecule has 18 heavy (non-hydrogen) atoms. The van der Waals surface area contributed by atoms with Gasteiger partial charge in [0.1, 0.15) is 12.7 Å². The van der Waals surface area contributed by atoms with E-state index in [1.165, 1.54) is 24.9 Å². The van der Waals surface area contributed by atoms with E-state index in [1.54, 1.807) is 12.7 Å². The molecule has 1 aromatic heterocycles. The van der Waals surface area contributed by atoms with Crippen LogP contribution in [0.1, 0.15) is 19.3 Å². The van der Waals surface area contributed by atoms with Crippen molar-refractivity contribution in [2.75, 3.05) is 23.7 Å². The molecule has 2 aromatic rings. The molecule has 5 heteroatoms. The zero-order valence-corrected chi connectivity index (χ0v) is 10.3. The van der Waals surface area contributed by atoms with Crippen LogP contribution in [-0.4, -0.2) is 27.9 Å². The highest BCUT2D eigenvalue weighted by molar-refractivity contribution is 5.67. The molecule has 0 aliphatic carbocycles. The number of hydrogen-bond donors (Lipinski definition) is 1. The van der Waals surface area contributed by atoms with Crippen molar-refractivity contribution in [3.8, 4) is 5.69 Å². The summed E-state index contributed by atoms with van der Waals surface area (Å²) >= 11 is 0. The second-order valence-electron chi connectivity index (χ2n) is 4.67. The Balaban J connectivity index is 2.02. The molecule has 1 fully saturated rings. The van der Waals surface area contributed by atoms with Crippen LogP contribution in [0.15, 0.2) is 30.9 Å². The molecule has 0 unspecified atom stereocenters. The number of nitrogen functional groups attached to an aromatic ring is 1. The lowest BCUT2D eigenvalue weighted by Gasteiger charge is -2.30. The van der Waals surface area contributed by atoms with E-state index in [0.29, 0.717) is 0 Å². The van der Waals surface area contributed by atoms with Crippen molar-refractivity contribution >= 4 is 11.4 Å². The highest BCUT2D eigenvalue weighted by Crippen LogP contribution is 2.28. The van der Waals surface area contributed by atoms with Crippen LogP contribution in [0, 0.1) is 0 Å². The Kier molecular flexibility index (Phi) is 2.88. The van der Waals surface area contributed by atoms with Gasteiger partial charge < -0.3 is 10.6 Å². The number of rotatable bonds is 2. The van der Waals surface area contributed by atoms with E-state index in [-0.39, 0.29) is 0 Å². The number of piperidine rings is 1. The van der Waals surface area contributed by atoms with Crippen molar-refractivity contribution in [2.45, 2.75) is 19.3 Å². The van der Waals surface area contributed by atoms with Gasteiger partial charge in [-0.3, -0.25) is 4.57 Å². The monoisotopic (exact) mass is 243 g/mol. The predicted octanol–water partition coefficient (Wildman–Crippen LogP) is 1.84. The van der Waals surface area contributed by atoms with Crippen molar-refractivity contribution in [3.05, 3.63) is 30.9 Å². The summed E-state index contributed by atoms with van der Waals surface area (Å²) < 4.78 is 1.92. The van der Waals surface area contributed by atoms with E-state index in [4.69, 9.17) is 5.73 Å². The Labute approximate surface area is 106 Å². The molecular weight excluding hydrogens is 226 g/mol. The van der Waals surface area contributed by atoms with Crippen LogP contribution in [0.25, 0.3) is 5.69 Å². The number of hydrogen-bond acceptors (Lipinski definition) is 4. The second-order valence-corrected chi connectivity index (χ2v) is 4.67. The zero-order chi connectivity index (χ0) is 12.4. The highest BCUT2D eigenvalue weighted by atomic mass is 15.2. The summed E-state index contributed by atoms with van der Waals surface area (Å²) in [6, 6.07) is 6.03. The van der Waals surface area contributed by atoms with Crippen molar-refractivity contribution in [1.82, 2.24) is 14.8 Å². The van der Waals surface area contributed by atoms with Crippen molar-refractivity contribution in [3.63, 3.8) is 0 Å². The van der Waals surface area contributed by atoms with Crippen LogP contribution in [0.5, 0.6) is 0 Å². The van der Waals surface area contributed by atoms with Crippen LogP contribution in [0.2, 0.25) is 0 Å². The fourth-order valence-electron chi connectivity index (χ4n) is 2.47. The predicted molar refractivity (Wildman–Crippen MR) is 71.8 cm³/mol. The summed E-state index contributed by atoms with van der Waals surface area (Å²) in [6.07, 6.45) is 7.26. The molecule has 3 rings (SSSR count). The second kappa shape index (κ2) is 4.68. The van der Waals surface area contributed by atoms with Gasteiger partial charge >= 0.3 is 0 Å². The van der Waals surface area contributed by atoms with Crippen molar-refractivity contribution in [1.29, 1.82) is 0 Å². The van der Waals surface area contributed by atoms with E-state index in [0.717, 1.165) is 24.5 Å². The first-order chi connectivity index (χ1) is 8.84. The number of aromatic nitrogens is 3. The molecule has 2 N–H and O–H groups in total. The molecule has 1 aliphatic rings. The van der Waals surface area contributed by atoms with Crippen molar-refractivity contribution in [2.24, 2.45) is 0 Å². The minimum Gasteiger partial charge on any atom is -0.399 e. The maximum atomic E-state index is 5.89.